The Kier molecular flexibility index (Phi) is 4.89. The Labute approximate surface area is 101 Å². The van der Waals surface area contributed by atoms with Crippen molar-refractivity contribution in [2.75, 3.05) is 20.2 Å². The molecule has 1 saturated heterocycles. The molecule has 1 aliphatic rings. The molecule has 6 heteroatoms. The van der Waals surface area contributed by atoms with E-state index >= 15 is 0 Å². The minimum absolute atomic E-state index is 0.127. The molecule has 0 bridgehead atoms. The van der Waals surface area contributed by atoms with Gasteiger partial charge in [-0.05, 0) is 20.8 Å². The summed E-state index contributed by atoms with van der Waals surface area (Å²) < 4.78 is 10.0. The molecule has 0 aliphatic carbocycles. The van der Waals surface area contributed by atoms with Gasteiger partial charge >= 0.3 is 6.09 Å². The standard InChI is InChI=1S/C11H20N2O4/c1-7-5-13(6-8(2)17-7)9(3)10(14)12-11(15)16-4/h7-9H,5-6H2,1-4H3,(H,12,14,15)/p+1/t7-,8-,9-/m0/s1. The van der Waals surface area contributed by atoms with Gasteiger partial charge in [-0.3, -0.25) is 10.1 Å². The SMILES string of the molecule is COC(=O)NC(=O)[C@H](C)[NH+]1C[C@H](C)O[C@@H](C)C1. The maximum Gasteiger partial charge on any atom is 0.413 e. The number of amides is 2. The van der Waals surface area contributed by atoms with Crippen LogP contribution in [0.15, 0.2) is 0 Å². The normalized spacial score (nSPS) is 30.5. The fourth-order valence-corrected chi connectivity index (χ4v) is 2.11. The highest BCUT2D eigenvalue weighted by Gasteiger charge is 2.33. The highest BCUT2D eigenvalue weighted by Crippen LogP contribution is 1.99. The number of hydrogen-bond acceptors (Lipinski definition) is 4. The Morgan fingerprint density at radius 3 is 2.35 bits per heavy atom. The van der Waals surface area contributed by atoms with Gasteiger partial charge in [0.1, 0.15) is 25.3 Å². The number of hydrogen-bond donors (Lipinski definition) is 2. The summed E-state index contributed by atoms with van der Waals surface area (Å²) >= 11 is 0. The zero-order valence-corrected chi connectivity index (χ0v) is 10.8. The maximum absolute atomic E-state index is 11.8. The molecule has 0 aromatic carbocycles. The number of alkyl carbamates (subject to hydrolysis) is 1. The van der Waals surface area contributed by atoms with Crippen LogP contribution >= 0.6 is 0 Å². The van der Waals surface area contributed by atoms with Crippen LogP contribution < -0.4 is 10.2 Å². The van der Waals surface area contributed by atoms with Gasteiger partial charge in [0.2, 0.25) is 0 Å². The molecule has 2 N–H and O–H groups in total. The molecule has 0 radical (unpaired) electrons. The maximum atomic E-state index is 11.8. The molecule has 1 heterocycles. The molecule has 0 aromatic heterocycles. The number of nitrogens with one attached hydrogen (secondary N) is 2. The van der Waals surface area contributed by atoms with Gasteiger partial charge in [-0.2, -0.15) is 0 Å². The van der Waals surface area contributed by atoms with E-state index in [1.54, 1.807) is 6.92 Å². The molecule has 3 atom stereocenters. The highest BCUT2D eigenvalue weighted by atomic mass is 16.5. The van der Waals surface area contributed by atoms with E-state index in [2.05, 4.69) is 10.1 Å². The third-order valence-corrected chi connectivity index (χ3v) is 2.98. The fourth-order valence-electron chi connectivity index (χ4n) is 2.11. The Morgan fingerprint density at radius 2 is 1.88 bits per heavy atom. The number of morpholine rings is 1. The summed E-state index contributed by atoms with van der Waals surface area (Å²) in [6, 6.07) is -0.289. The van der Waals surface area contributed by atoms with Crippen molar-refractivity contribution in [1.82, 2.24) is 5.32 Å². The van der Waals surface area contributed by atoms with Crippen molar-refractivity contribution in [2.45, 2.75) is 39.0 Å². The number of rotatable bonds is 2. The second-order valence-electron chi connectivity index (χ2n) is 4.53. The summed E-state index contributed by atoms with van der Waals surface area (Å²) in [5.41, 5.74) is 0. The van der Waals surface area contributed by atoms with Crippen molar-refractivity contribution < 1.29 is 24.0 Å². The van der Waals surface area contributed by atoms with Gasteiger partial charge < -0.3 is 14.4 Å². The Morgan fingerprint density at radius 1 is 1.35 bits per heavy atom. The summed E-state index contributed by atoms with van der Waals surface area (Å²) in [6.07, 6.45) is -0.458. The van der Waals surface area contributed by atoms with Crippen LogP contribution in [0.4, 0.5) is 4.79 Å². The van der Waals surface area contributed by atoms with Crippen LogP contribution in [0.25, 0.3) is 0 Å². The first-order chi connectivity index (χ1) is 7.93. The number of quaternary nitrogens is 1. The molecule has 0 saturated carbocycles. The van der Waals surface area contributed by atoms with E-state index < -0.39 is 6.09 Å². The lowest BCUT2D eigenvalue weighted by molar-refractivity contribution is -0.928. The van der Waals surface area contributed by atoms with Gasteiger partial charge in [-0.25, -0.2) is 4.79 Å². The smallest absolute Gasteiger partial charge is 0.413 e. The molecular weight excluding hydrogens is 224 g/mol. The lowest BCUT2D eigenvalue weighted by Gasteiger charge is -2.35. The monoisotopic (exact) mass is 245 g/mol. The van der Waals surface area contributed by atoms with E-state index in [1.165, 1.54) is 7.11 Å². The van der Waals surface area contributed by atoms with Crippen molar-refractivity contribution in [1.29, 1.82) is 0 Å². The minimum atomic E-state index is -0.712. The average molecular weight is 245 g/mol. The fraction of sp³-hybridized carbons (Fsp3) is 0.818. The van der Waals surface area contributed by atoms with Crippen molar-refractivity contribution in [2.24, 2.45) is 0 Å². The van der Waals surface area contributed by atoms with E-state index in [-0.39, 0.29) is 24.2 Å². The zero-order chi connectivity index (χ0) is 13.0. The number of carbonyl (C=O) groups is 2. The second kappa shape index (κ2) is 5.97. The number of methoxy groups -OCH3 is 1. The quantitative estimate of drug-likeness (QED) is 0.651. The van der Waals surface area contributed by atoms with Crippen molar-refractivity contribution in [3.05, 3.63) is 0 Å². The lowest BCUT2D eigenvalue weighted by atomic mass is 10.1. The van der Waals surface area contributed by atoms with Crippen LogP contribution in [-0.4, -0.2) is 50.4 Å². The number of imide groups is 1. The molecule has 1 rings (SSSR count). The van der Waals surface area contributed by atoms with Crippen LogP contribution in [0.1, 0.15) is 20.8 Å². The van der Waals surface area contributed by atoms with E-state index in [4.69, 9.17) is 4.74 Å². The number of ether oxygens (including phenoxy) is 2. The Hall–Kier alpha value is -1.14. The van der Waals surface area contributed by atoms with Gasteiger partial charge in [0.25, 0.3) is 5.91 Å². The van der Waals surface area contributed by atoms with Crippen LogP contribution in [-0.2, 0) is 14.3 Å². The minimum Gasteiger partial charge on any atom is -0.453 e. The summed E-state index contributed by atoms with van der Waals surface area (Å²) in [7, 11) is 1.24. The predicted molar refractivity (Wildman–Crippen MR) is 60.7 cm³/mol. The van der Waals surface area contributed by atoms with Crippen LogP contribution in [0.5, 0.6) is 0 Å². The molecule has 2 amide bonds. The number of carbonyl (C=O) groups excluding carboxylic acids is 2. The van der Waals surface area contributed by atoms with Crippen molar-refractivity contribution in [3.8, 4) is 0 Å². The molecule has 98 valence electrons. The first-order valence-electron chi connectivity index (χ1n) is 5.83. The van der Waals surface area contributed by atoms with E-state index in [9.17, 15) is 9.59 Å². The molecule has 6 nitrogen and oxygen atoms in total. The van der Waals surface area contributed by atoms with Gasteiger partial charge in [0.05, 0.1) is 7.11 Å². The molecular formula is C11H21N2O4+. The molecule has 0 aromatic rings. The summed E-state index contributed by atoms with van der Waals surface area (Å²) in [5, 5.41) is 2.19. The zero-order valence-electron chi connectivity index (χ0n) is 10.8. The topological polar surface area (TPSA) is 69.1 Å². The van der Waals surface area contributed by atoms with E-state index in [0.717, 1.165) is 18.0 Å². The van der Waals surface area contributed by atoms with Crippen LogP contribution in [0, 0.1) is 0 Å². The largest absolute Gasteiger partial charge is 0.453 e. The van der Waals surface area contributed by atoms with Gasteiger partial charge in [-0.1, -0.05) is 0 Å². The van der Waals surface area contributed by atoms with Gasteiger partial charge in [0, 0.05) is 0 Å². The van der Waals surface area contributed by atoms with Gasteiger partial charge in [-0.15, -0.1) is 0 Å². The molecule has 17 heavy (non-hydrogen) atoms. The first kappa shape index (κ1) is 13.9. The second-order valence-corrected chi connectivity index (χ2v) is 4.53. The molecule has 1 fully saturated rings. The highest BCUT2D eigenvalue weighted by molar-refractivity contribution is 5.93. The van der Waals surface area contributed by atoms with Crippen LogP contribution in [0.2, 0.25) is 0 Å². The Balaban J connectivity index is 2.53. The third-order valence-electron chi connectivity index (χ3n) is 2.98. The predicted octanol–water partition coefficient (Wildman–Crippen LogP) is -1.05. The molecule has 0 spiro atoms. The Bertz CT molecular complexity index is 285. The molecule has 1 aliphatic heterocycles. The molecule has 0 unspecified atom stereocenters. The average Bonchev–Trinajstić information content (AvgIpc) is 2.26. The van der Waals surface area contributed by atoms with Gasteiger partial charge in [0.15, 0.2) is 6.04 Å². The van der Waals surface area contributed by atoms with E-state index in [0.29, 0.717) is 0 Å². The third kappa shape index (κ3) is 3.98. The lowest BCUT2D eigenvalue weighted by Crippen LogP contribution is -3.19. The van der Waals surface area contributed by atoms with E-state index in [1.807, 2.05) is 13.8 Å². The van der Waals surface area contributed by atoms with Crippen molar-refractivity contribution >= 4 is 12.0 Å². The summed E-state index contributed by atoms with van der Waals surface area (Å²) in [5.74, 6) is -0.312. The first-order valence-corrected chi connectivity index (χ1v) is 5.83. The van der Waals surface area contributed by atoms with Crippen LogP contribution in [0.3, 0.4) is 0 Å². The summed E-state index contributed by atoms with van der Waals surface area (Å²) in [6.45, 7) is 7.31. The summed E-state index contributed by atoms with van der Waals surface area (Å²) in [4.78, 5) is 23.8. The van der Waals surface area contributed by atoms with Crippen molar-refractivity contribution in [3.63, 3.8) is 0 Å².